The number of benzene rings is 2. The molecular formula is C17H14N3OP. The number of carbonyl (C=O) groups is 1. The van der Waals surface area contributed by atoms with Gasteiger partial charge in [0.15, 0.2) is 0 Å². The van der Waals surface area contributed by atoms with Crippen LogP contribution in [0.4, 0.5) is 0 Å². The fourth-order valence-electron chi connectivity index (χ4n) is 2.01. The largest absolute Gasteiger partial charge is 0.322 e. The van der Waals surface area contributed by atoms with Crippen LogP contribution in [0.2, 0.25) is 0 Å². The van der Waals surface area contributed by atoms with E-state index >= 15 is 0 Å². The number of carbonyl (C=O) groups excluding carboxylic acids is 1. The zero-order chi connectivity index (χ0) is 15.2. The second-order valence-electron chi connectivity index (χ2n) is 4.54. The van der Waals surface area contributed by atoms with Crippen LogP contribution in [0, 0.1) is 0 Å². The number of aromatic nitrogens is 2. The zero-order valence-corrected chi connectivity index (χ0v) is 12.6. The van der Waals surface area contributed by atoms with Crippen LogP contribution in [0.15, 0.2) is 79.3 Å². The number of rotatable bonds is 4. The monoisotopic (exact) mass is 307 g/mol. The van der Waals surface area contributed by atoms with Gasteiger partial charge in [0.05, 0.1) is 14.3 Å². The molecule has 3 rings (SSSR count). The molecule has 1 N–H and O–H groups in total. The molecular weight excluding hydrogens is 293 g/mol. The van der Waals surface area contributed by atoms with Crippen molar-refractivity contribution in [2.75, 3.05) is 0 Å². The summed E-state index contributed by atoms with van der Waals surface area (Å²) in [5.74, 6) is -0.216. The Kier molecular flexibility index (Phi) is 4.52. The molecule has 22 heavy (non-hydrogen) atoms. The summed E-state index contributed by atoms with van der Waals surface area (Å²) in [6.45, 7) is 0. The molecule has 0 radical (unpaired) electrons. The molecule has 5 heteroatoms. The fraction of sp³-hybridized carbons (Fsp3) is 0. The maximum atomic E-state index is 12.4. The van der Waals surface area contributed by atoms with E-state index in [1.807, 2.05) is 60.7 Å². The first-order valence-electron chi connectivity index (χ1n) is 6.82. The smallest absolute Gasteiger partial charge is 0.275 e. The highest BCUT2D eigenvalue weighted by Gasteiger charge is 2.18. The summed E-state index contributed by atoms with van der Waals surface area (Å²) in [5, 5.41) is 5.26. The van der Waals surface area contributed by atoms with Crippen LogP contribution in [0.25, 0.3) is 0 Å². The fourth-order valence-corrected chi connectivity index (χ4v) is 3.82. The van der Waals surface area contributed by atoms with Gasteiger partial charge in [-0.05, 0) is 0 Å². The molecule has 1 heterocycles. The Balaban J connectivity index is 1.91. The van der Waals surface area contributed by atoms with Crippen molar-refractivity contribution in [1.29, 1.82) is 0 Å². The molecule has 0 atom stereocenters. The number of nitrogens with zero attached hydrogens (tertiary/aromatic N) is 2. The van der Waals surface area contributed by atoms with Crippen molar-refractivity contribution in [3.63, 3.8) is 0 Å². The van der Waals surface area contributed by atoms with E-state index in [9.17, 15) is 4.79 Å². The summed E-state index contributed by atoms with van der Waals surface area (Å²) in [6, 6.07) is 19.9. The Bertz CT molecular complexity index is 696. The Morgan fingerprint density at radius 3 is 1.95 bits per heavy atom. The van der Waals surface area contributed by atoms with E-state index in [0.29, 0.717) is 5.69 Å². The van der Waals surface area contributed by atoms with Crippen LogP contribution in [0.1, 0.15) is 10.5 Å². The van der Waals surface area contributed by atoms with Crippen molar-refractivity contribution in [2.24, 2.45) is 0 Å². The van der Waals surface area contributed by atoms with Gasteiger partial charge in [-0.25, -0.2) is 4.98 Å². The second kappa shape index (κ2) is 6.92. The van der Waals surface area contributed by atoms with Gasteiger partial charge in [0.2, 0.25) is 0 Å². The molecule has 0 saturated carbocycles. The van der Waals surface area contributed by atoms with Crippen molar-refractivity contribution < 1.29 is 4.79 Å². The molecule has 1 aromatic heterocycles. The molecule has 4 nitrogen and oxygen atoms in total. The maximum absolute atomic E-state index is 12.4. The summed E-state index contributed by atoms with van der Waals surface area (Å²) in [6.07, 6.45) is 4.54. The summed E-state index contributed by atoms with van der Waals surface area (Å²) in [4.78, 5) is 20.4. The van der Waals surface area contributed by atoms with Crippen molar-refractivity contribution in [1.82, 2.24) is 15.1 Å². The van der Waals surface area contributed by atoms with Crippen LogP contribution in [-0.2, 0) is 0 Å². The molecule has 0 aliphatic rings. The van der Waals surface area contributed by atoms with E-state index in [4.69, 9.17) is 0 Å². The Morgan fingerprint density at radius 1 is 0.864 bits per heavy atom. The molecule has 0 aliphatic carbocycles. The average molecular weight is 307 g/mol. The predicted molar refractivity (Wildman–Crippen MR) is 88.6 cm³/mol. The summed E-state index contributed by atoms with van der Waals surface area (Å²) < 4.78 is 0. The van der Waals surface area contributed by atoms with E-state index in [2.05, 4.69) is 15.1 Å². The number of nitrogens with one attached hydrogen (secondary N) is 1. The topological polar surface area (TPSA) is 54.9 Å². The summed E-state index contributed by atoms with van der Waals surface area (Å²) in [5.41, 5.74) is 0.321. The quantitative estimate of drug-likeness (QED) is 0.752. The lowest BCUT2D eigenvalue weighted by Crippen LogP contribution is -2.29. The van der Waals surface area contributed by atoms with E-state index in [0.717, 1.165) is 10.6 Å². The van der Waals surface area contributed by atoms with Gasteiger partial charge in [-0.2, -0.15) is 0 Å². The minimum Gasteiger partial charge on any atom is -0.322 e. The highest BCUT2D eigenvalue weighted by molar-refractivity contribution is 7.71. The molecule has 2 aromatic carbocycles. The molecule has 108 valence electrons. The number of amides is 1. The molecule has 0 aliphatic heterocycles. The van der Waals surface area contributed by atoms with Crippen LogP contribution in [0.3, 0.4) is 0 Å². The minimum atomic E-state index is -0.981. The predicted octanol–water partition coefficient (Wildman–Crippen LogP) is 2.25. The van der Waals surface area contributed by atoms with Crippen LogP contribution in [-0.4, -0.2) is 15.9 Å². The van der Waals surface area contributed by atoms with Gasteiger partial charge in [0.1, 0.15) is 5.69 Å². The van der Waals surface area contributed by atoms with E-state index in [-0.39, 0.29) is 5.91 Å². The summed E-state index contributed by atoms with van der Waals surface area (Å²) in [7, 11) is -0.981. The van der Waals surface area contributed by atoms with E-state index in [1.165, 1.54) is 12.4 Å². The maximum Gasteiger partial charge on any atom is 0.275 e. The lowest BCUT2D eigenvalue weighted by molar-refractivity contribution is 0.0978. The first-order chi connectivity index (χ1) is 10.8. The average Bonchev–Trinajstić information content (AvgIpc) is 2.62. The third kappa shape index (κ3) is 3.35. The van der Waals surface area contributed by atoms with Gasteiger partial charge in [-0.3, -0.25) is 9.78 Å². The third-order valence-corrected chi connectivity index (χ3v) is 5.09. The molecule has 0 spiro atoms. The normalized spacial score (nSPS) is 10.4. The van der Waals surface area contributed by atoms with Gasteiger partial charge in [-0.15, -0.1) is 0 Å². The first kappa shape index (κ1) is 14.4. The van der Waals surface area contributed by atoms with E-state index < -0.39 is 8.07 Å². The minimum absolute atomic E-state index is 0.216. The third-order valence-electron chi connectivity index (χ3n) is 3.04. The van der Waals surface area contributed by atoms with Crippen molar-refractivity contribution >= 4 is 24.6 Å². The second-order valence-corrected chi connectivity index (χ2v) is 6.47. The standard InChI is InChI=1S/C17H14N3OP/c21-17(16-13-18-11-12-19-16)20-22(14-7-3-1-4-8-14)15-9-5-2-6-10-15/h1-13H,(H,20,21). The Morgan fingerprint density at radius 2 is 1.45 bits per heavy atom. The molecule has 0 bridgehead atoms. The Hall–Kier alpha value is -2.58. The molecule has 0 saturated heterocycles. The Labute approximate surface area is 130 Å². The first-order valence-corrected chi connectivity index (χ1v) is 8.16. The lowest BCUT2D eigenvalue weighted by Gasteiger charge is -2.19. The zero-order valence-electron chi connectivity index (χ0n) is 11.8. The molecule has 3 aromatic rings. The number of hydrogen-bond donors (Lipinski definition) is 1. The van der Waals surface area contributed by atoms with Gasteiger partial charge >= 0.3 is 0 Å². The highest BCUT2D eigenvalue weighted by Crippen LogP contribution is 2.28. The van der Waals surface area contributed by atoms with E-state index in [1.54, 1.807) is 6.20 Å². The van der Waals surface area contributed by atoms with Crippen LogP contribution < -0.4 is 15.7 Å². The molecule has 0 unspecified atom stereocenters. The van der Waals surface area contributed by atoms with Crippen molar-refractivity contribution in [2.45, 2.75) is 0 Å². The SMILES string of the molecule is O=C(NP(c1ccccc1)c1ccccc1)c1cnccn1. The summed E-state index contributed by atoms with van der Waals surface area (Å²) >= 11 is 0. The molecule has 1 amide bonds. The molecule has 0 fully saturated rings. The van der Waals surface area contributed by atoms with Crippen molar-refractivity contribution in [3.05, 3.63) is 84.9 Å². The van der Waals surface area contributed by atoms with Crippen LogP contribution >= 0.6 is 8.07 Å². The van der Waals surface area contributed by atoms with Crippen LogP contribution in [0.5, 0.6) is 0 Å². The lowest BCUT2D eigenvalue weighted by atomic mass is 10.4. The highest BCUT2D eigenvalue weighted by atomic mass is 31.1. The van der Waals surface area contributed by atoms with Crippen molar-refractivity contribution in [3.8, 4) is 0 Å². The van der Waals surface area contributed by atoms with Gasteiger partial charge in [-0.1, -0.05) is 60.7 Å². The van der Waals surface area contributed by atoms with Gasteiger partial charge < -0.3 is 5.09 Å². The van der Waals surface area contributed by atoms with Gasteiger partial charge in [0.25, 0.3) is 5.91 Å². The van der Waals surface area contributed by atoms with Gasteiger partial charge in [0, 0.05) is 23.0 Å². The number of hydrogen-bond acceptors (Lipinski definition) is 3.